The van der Waals surface area contributed by atoms with Crippen LogP contribution in [0, 0.1) is 20.8 Å². The molecular weight excluding hydrogens is 292 g/mol. The molecule has 2 heterocycles. The van der Waals surface area contributed by atoms with Crippen molar-refractivity contribution in [3.05, 3.63) is 58.9 Å². The van der Waals surface area contributed by atoms with Gasteiger partial charge < -0.3 is 5.11 Å². The van der Waals surface area contributed by atoms with Crippen LogP contribution in [0.15, 0.2) is 46.8 Å². The van der Waals surface area contributed by atoms with Crippen molar-refractivity contribution in [1.29, 1.82) is 0 Å². The number of carboxylic acid groups (broad SMARTS) is 1. The fourth-order valence-corrected chi connectivity index (χ4v) is 2.27. The van der Waals surface area contributed by atoms with Gasteiger partial charge in [-0.2, -0.15) is 0 Å². The van der Waals surface area contributed by atoms with Crippen LogP contribution in [0.25, 0.3) is 5.65 Å². The fourth-order valence-electron chi connectivity index (χ4n) is 2.27. The SMILES string of the molecule is Cc1ccc2nc(C(=O)O)c(N=Nc3ccc(C)c(C)c3)n2c1. The van der Waals surface area contributed by atoms with Gasteiger partial charge in [-0.3, -0.25) is 4.40 Å². The first kappa shape index (κ1) is 14.9. The summed E-state index contributed by atoms with van der Waals surface area (Å²) < 4.78 is 1.64. The van der Waals surface area contributed by atoms with Crippen molar-refractivity contribution < 1.29 is 9.90 Å². The van der Waals surface area contributed by atoms with Crippen LogP contribution in [0.4, 0.5) is 11.5 Å². The molecule has 0 atom stereocenters. The number of hydrogen-bond acceptors (Lipinski definition) is 4. The first-order chi connectivity index (χ1) is 11.0. The van der Waals surface area contributed by atoms with Crippen LogP contribution >= 0.6 is 0 Å². The predicted octanol–water partition coefficient (Wildman–Crippen LogP) is 4.37. The summed E-state index contributed by atoms with van der Waals surface area (Å²) >= 11 is 0. The zero-order valence-corrected chi connectivity index (χ0v) is 13.1. The van der Waals surface area contributed by atoms with Gasteiger partial charge in [0.1, 0.15) is 5.65 Å². The molecule has 3 aromatic rings. The van der Waals surface area contributed by atoms with Crippen molar-refractivity contribution in [2.45, 2.75) is 20.8 Å². The van der Waals surface area contributed by atoms with E-state index < -0.39 is 5.97 Å². The number of aromatic carboxylic acids is 1. The van der Waals surface area contributed by atoms with E-state index in [0.29, 0.717) is 11.3 Å². The number of aryl methyl sites for hydroxylation is 3. The Balaban J connectivity index is 2.12. The summed E-state index contributed by atoms with van der Waals surface area (Å²) in [4.78, 5) is 15.5. The van der Waals surface area contributed by atoms with Crippen molar-refractivity contribution in [2.75, 3.05) is 0 Å². The Morgan fingerprint density at radius 1 is 1.09 bits per heavy atom. The summed E-state index contributed by atoms with van der Waals surface area (Å²) in [6.07, 6.45) is 1.80. The summed E-state index contributed by atoms with van der Waals surface area (Å²) in [5.41, 5.74) is 4.35. The number of benzene rings is 1. The number of carboxylic acids is 1. The molecule has 0 bridgehead atoms. The molecule has 0 saturated heterocycles. The standard InChI is InChI=1S/C17H16N4O2/c1-10-4-7-14-18-15(17(22)23)16(21(14)9-10)20-19-13-6-5-11(2)12(3)8-13/h4-9H,1-3H3,(H,22,23). The molecule has 2 aromatic heterocycles. The van der Waals surface area contributed by atoms with E-state index in [1.165, 1.54) is 5.56 Å². The number of fused-ring (bicyclic) bond motifs is 1. The Bertz CT molecular complexity index is 941. The van der Waals surface area contributed by atoms with Crippen molar-refractivity contribution in [1.82, 2.24) is 9.38 Å². The number of rotatable bonds is 3. The maximum absolute atomic E-state index is 11.4. The highest BCUT2D eigenvalue weighted by Gasteiger charge is 2.18. The van der Waals surface area contributed by atoms with Crippen LogP contribution in [0.3, 0.4) is 0 Å². The van der Waals surface area contributed by atoms with Crippen LogP contribution in [-0.4, -0.2) is 20.5 Å². The van der Waals surface area contributed by atoms with E-state index >= 15 is 0 Å². The molecule has 0 amide bonds. The number of azo groups is 1. The molecule has 3 rings (SSSR count). The van der Waals surface area contributed by atoms with Gasteiger partial charge in [0, 0.05) is 6.20 Å². The minimum atomic E-state index is -1.12. The summed E-state index contributed by atoms with van der Waals surface area (Å²) in [6.45, 7) is 5.94. The normalized spacial score (nSPS) is 11.4. The van der Waals surface area contributed by atoms with Crippen molar-refractivity contribution in [3.63, 3.8) is 0 Å². The molecule has 0 fully saturated rings. The third-order valence-corrected chi connectivity index (χ3v) is 3.69. The molecule has 0 radical (unpaired) electrons. The molecule has 0 spiro atoms. The molecule has 23 heavy (non-hydrogen) atoms. The lowest BCUT2D eigenvalue weighted by molar-refractivity contribution is 0.0692. The van der Waals surface area contributed by atoms with Crippen molar-refractivity contribution in [3.8, 4) is 0 Å². The lowest BCUT2D eigenvalue weighted by atomic mass is 10.1. The molecule has 0 saturated carbocycles. The third kappa shape index (κ3) is 2.83. The molecule has 0 aliphatic heterocycles. The van der Waals surface area contributed by atoms with Crippen LogP contribution in [0.1, 0.15) is 27.2 Å². The lowest BCUT2D eigenvalue weighted by Crippen LogP contribution is -1.96. The Morgan fingerprint density at radius 2 is 1.87 bits per heavy atom. The van der Waals surface area contributed by atoms with Gasteiger partial charge in [-0.1, -0.05) is 12.1 Å². The highest BCUT2D eigenvalue weighted by Crippen LogP contribution is 2.25. The Labute approximate surface area is 133 Å². The van der Waals surface area contributed by atoms with E-state index in [4.69, 9.17) is 0 Å². The molecule has 6 nitrogen and oxygen atoms in total. The van der Waals surface area contributed by atoms with Crippen LogP contribution in [-0.2, 0) is 0 Å². The Kier molecular flexibility index (Phi) is 3.65. The molecule has 0 unspecified atom stereocenters. The smallest absolute Gasteiger partial charge is 0.358 e. The molecular formula is C17H16N4O2. The fraction of sp³-hybridized carbons (Fsp3) is 0.176. The van der Waals surface area contributed by atoms with Gasteiger partial charge >= 0.3 is 5.97 Å². The third-order valence-electron chi connectivity index (χ3n) is 3.69. The van der Waals surface area contributed by atoms with E-state index in [2.05, 4.69) is 15.2 Å². The number of aromatic nitrogens is 2. The zero-order chi connectivity index (χ0) is 16.6. The van der Waals surface area contributed by atoms with Crippen LogP contribution < -0.4 is 0 Å². The number of hydrogen-bond donors (Lipinski definition) is 1. The van der Waals surface area contributed by atoms with Crippen LogP contribution in [0.5, 0.6) is 0 Å². The molecule has 0 aliphatic carbocycles. The second-order valence-corrected chi connectivity index (χ2v) is 5.49. The number of pyridine rings is 1. The van der Waals surface area contributed by atoms with Gasteiger partial charge in [0.25, 0.3) is 0 Å². The van der Waals surface area contributed by atoms with Gasteiger partial charge in [-0.15, -0.1) is 10.2 Å². The first-order valence-corrected chi connectivity index (χ1v) is 7.16. The van der Waals surface area contributed by atoms with Crippen molar-refractivity contribution in [2.24, 2.45) is 10.2 Å². The summed E-state index contributed by atoms with van der Waals surface area (Å²) in [7, 11) is 0. The van der Waals surface area contributed by atoms with E-state index in [1.54, 1.807) is 16.7 Å². The topological polar surface area (TPSA) is 79.3 Å². The van der Waals surface area contributed by atoms with Gasteiger partial charge in [0.15, 0.2) is 11.5 Å². The molecule has 1 N–H and O–H groups in total. The highest BCUT2D eigenvalue weighted by molar-refractivity contribution is 5.91. The van der Waals surface area contributed by atoms with E-state index in [0.717, 1.165) is 11.1 Å². The number of imidazole rings is 1. The van der Waals surface area contributed by atoms with E-state index in [1.807, 2.05) is 45.0 Å². The van der Waals surface area contributed by atoms with E-state index in [-0.39, 0.29) is 11.5 Å². The average molecular weight is 308 g/mol. The largest absolute Gasteiger partial charge is 0.476 e. The summed E-state index contributed by atoms with van der Waals surface area (Å²) in [6, 6.07) is 9.35. The molecule has 116 valence electrons. The second kappa shape index (κ2) is 5.64. The Morgan fingerprint density at radius 3 is 2.57 bits per heavy atom. The maximum atomic E-state index is 11.4. The maximum Gasteiger partial charge on any atom is 0.358 e. The van der Waals surface area contributed by atoms with Crippen molar-refractivity contribution >= 4 is 23.1 Å². The molecule has 0 aliphatic rings. The van der Waals surface area contributed by atoms with Gasteiger partial charge in [-0.05, 0) is 55.7 Å². The monoisotopic (exact) mass is 308 g/mol. The minimum Gasteiger partial charge on any atom is -0.476 e. The van der Waals surface area contributed by atoms with Crippen LogP contribution in [0.2, 0.25) is 0 Å². The average Bonchev–Trinajstić information content (AvgIpc) is 2.86. The number of nitrogens with zero attached hydrogens (tertiary/aromatic N) is 4. The van der Waals surface area contributed by atoms with Gasteiger partial charge in [0.05, 0.1) is 5.69 Å². The first-order valence-electron chi connectivity index (χ1n) is 7.16. The summed E-state index contributed by atoms with van der Waals surface area (Å²) in [5.74, 6) is -0.908. The van der Waals surface area contributed by atoms with Gasteiger partial charge in [0.2, 0.25) is 0 Å². The number of carbonyl (C=O) groups is 1. The zero-order valence-electron chi connectivity index (χ0n) is 13.1. The molecule has 1 aromatic carbocycles. The molecule has 6 heteroatoms. The minimum absolute atomic E-state index is 0.108. The highest BCUT2D eigenvalue weighted by atomic mass is 16.4. The second-order valence-electron chi connectivity index (χ2n) is 5.49. The van der Waals surface area contributed by atoms with Gasteiger partial charge in [-0.25, -0.2) is 9.78 Å². The summed E-state index contributed by atoms with van der Waals surface area (Å²) in [5, 5.41) is 17.7. The lowest BCUT2D eigenvalue weighted by Gasteiger charge is -2.00. The van der Waals surface area contributed by atoms with E-state index in [9.17, 15) is 9.90 Å². The Hall–Kier alpha value is -3.02. The predicted molar refractivity (Wildman–Crippen MR) is 87.0 cm³/mol. The quantitative estimate of drug-likeness (QED) is 0.729.